The molecule has 0 radical (unpaired) electrons. The molecule has 0 saturated carbocycles. The van der Waals surface area contributed by atoms with E-state index in [-0.39, 0.29) is 21.8 Å². The van der Waals surface area contributed by atoms with E-state index >= 15 is 0 Å². The third-order valence-corrected chi connectivity index (χ3v) is 8.31. The fraction of sp³-hybridized carbons (Fsp3) is 0.429. The quantitative estimate of drug-likeness (QED) is 0.746. The Kier molecular flexibility index (Phi) is 6.06. The number of anilines is 2. The minimum atomic E-state index is -4.03. The molecule has 0 spiro atoms. The average molecular weight is 453 g/mol. The van der Waals surface area contributed by atoms with Gasteiger partial charge in [0.25, 0.3) is 10.0 Å². The second-order valence-corrected chi connectivity index (χ2v) is 12.0. The van der Waals surface area contributed by atoms with Gasteiger partial charge in [0.2, 0.25) is 10.0 Å². The van der Waals surface area contributed by atoms with Crippen molar-refractivity contribution < 1.29 is 21.6 Å². The van der Waals surface area contributed by atoms with Gasteiger partial charge in [0, 0.05) is 6.54 Å². The second kappa shape index (κ2) is 8.11. The number of hydrogen-bond acceptors (Lipinski definition) is 5. The van der Waals surface area contributed by atoms with E-state index in [1.807, 2.05) is 32.9 Å². The Morgan fingerprint density at radius 1 is 1.07 bits per heavy atom. The molecule has 1 heterocycles. The summed E-state index contributed by atoms with van der Waals surface area (Å²) in [5.41, 5.74) is 1.37. The van der Waals surface area contributed by atoms with E-state index in [1.54, 1.807) is 18.2 Å². The highest BCUT2D eigenvalue weighted by Gasteiger charge is 2.29. The van der Waals surface area contributed by atoms with Gasteiger partial charge < -0.3 is 4.74 Å². The standard InChI is InChI=1S/C21H28N2O5S2/c1-21(2,3)17-9-5-6-10-18(17)22-30(26,27)20-15-16(11-12-19(20)28-4)23-13-7-8-14-29(23,24)25/h5-6,9-12,15,22H,7-8,13-14H2,1-4H3. The lowest BCUT2D eigenvalue weighted by Crippen LogP contribution is -2.37. The molecule has 0 aliphatic carbocycles. The van der Waals surface area contributed by atoms with Gasteiger partial charge in [0.15, 0.2) is 0 Å². The fourth-order valence-electron chi connectivity index (χ4n) is 3.54. The molecular weight excluding hydrogens is 424 g/mol. The highest BCUT2D eigenvalue weighted by atomic mass is 32.2. The first-order chi connectivity index (χ1) is 14.0. The van der Waals surface area contributed by atoms with Gasteiger partial charge >= 0.3 is 0 Å². The molecule has 1 aliphatic rings. The number of rotatable bonds is 5. The van der Waals surface area contributed by atoms with Gasteiger partial charge in [-0.25, -0.2) is 16.8 Å². The minimum Gasteiger partial charge on any atom is -0.495 e. The number of methoxy groups -OCH3 is 1. The van der Waals surface area contributed by atoms with Crippen LogP contribution < -0.4 is 13.8 Å². The summed E-state index contributed by atoms with van der Waals surface area (Å²) in [4.78, 5) is -0.105. The number of ether oxygens (including phenoxy) is 1. The van der Waals surface area contributed by atoms with Crippen LogP contribution in [0.1, 0.15) is 39.2 Å². The molecule has 1 fully saturated rings. The summed E-state index contributed by atoms with van der Waals surface area (Å²) < 4.78 is 60.8. The number of para-hydroxylation sites is 1. The van der Waals surface area contributed by atoms with Crippen LogP contribution >= 0.6 is 0 Å². The van der Waals surface area contributed by atoms with Crippen LogP contribution in [0.15, 0.2) is 47.4 Å². The monoisotopic (exact) mass is 452 g/mol. The van der Waals surface area contributed by atoms with Crippen LogP contribution in [0, 0.1) is 0 Å². The van der Waals surface area contributed by atoms with Crippen LogP contribution in [0.4, 0.5) is 11.4 Å². The van der Waals surface area contributed by atoms with Crippen LogP contribution in [-0.2, 0) is 25.5 Å². The molecule has 164 valence electrons. The third-order valence-electron chi connectivity index (χ3n) is 5.05. The van der Waals surface area contributed by atoms with Crippen LogP contribution in [0.3, 0.4) is 0 Å². The van der Waals surface area contributed by atoms with Crippen molar-refractivity contribution in [2.45, 2.75) is 43.9 Å². The van der Waals surface area contributed by atoms with Crippen molar-refractivity contribution >= 4 is 31.4 Å². The lowest BCUT2D eigenvalue weighted by atomic mass is 9.86. The maximum absolute atomic E-state index is 13.3. The van der Waals surface area contributed by atoms with E-state index in [9.17, 15) is 16.8 Å². The van der Waals surface area contributed by atoms with Gasteiger partial charge in [-0.1, -0.05) is 39.0 Å². The third kappa shape index (κ3) is 4.57. The van der Waals surface area contributed by atoms with Gasteiger partial charge in [-0.2, -0.15) is 0 Å². The number of nitrogens with zero attached hydrogens (tertiary/aromatic N) is 1. The van der Waals surface area contributed by atoms with Crippen molar-refractivity contribution in [3.63, 3.8) is 0 Å². The molecule has 2 aromatic rings. The molecule has 0 bridgehead atoms. The summed E-state index contributed by atoms with van der Waals surface area (Å²) in [5.74, 6) is 0.201. The van der Waals surface area contributed by atoms with Crippen LogP contribution in [0.5, 0.6) is 5.75 Å². The smallest absolute Gasteiger partial charge is 0.265 e. The van der Waals surface area contributed by atoms with E-state index < -0.39 is 20.0 Å². The molecule has 1 aliphatic heterocycles. The van der Waals surface area contributed by atoms with E-state index in [1.165, 1.54) is 23.5 Å². The highest BCUT2D eigenvalue weighted by molar-refractivity contribution is 7.93. The van der Waals surface area contributed by atoms with Gasteiger partial charge in [0.05, 0.1) is 24.2 Å². The predicted molar refractivity (Wildman–Crippen MR) is 119 cm³/mol. The molecule has 30 heavy (non-hydrogen) atoms. The Hall–Kier alpha value is -2.26. The number of benzene rings is 2. The van der Waals surface area contributed by atoms with Crippen molar-refractivity contribution in [2.75, 3.05) is 28.4 Å². The topological polar surface area (TPSA) is 92.8 Å². The van der Waals surface area contributed by atoms with Crippen molar-refractivity contribution in [3.8, 4) is 5.75 Å². The number of nitrogens with one attached hydrogen (secondary N) is 1. The number of hydrogen-bond donors (Lipinski definition) is 1. The number of sulfonamides is 2. The molecule has 7 nitrogen and oxygen atoms in total. The summed E-state index contributed by atoms with van der Waals surface area (Å²) >= 11 is 0. The molecule has 0 aromatic heterocycles. The molecule has 9 heteroatoms. The van der Waals surface area contributed by atoms with Gasteiger partial charge in [-0.05, 0) is 48.1 Å². The summed E-state index contributed by atoms with van der Waals surface area (Å²) in [5, 5.41) is 0. The molecule has 1 saturated heterocycles. The minimum absolute atomic E-state index is 0.0539. The summed E-state index contributed by atoms with van der Waals surface area (Å²) in [6, 6.07) is 11.6. The lowest BCUT2D eigenvalue weighted by molar-refractivity contribution is 0.403. The zero-order valence-corrected chi connectivity index (χ0v) is 19.3. The Morgan fingerprint density at radius 3 is 2.40 bits per heavy atom. The highest BCUT2D eigenvalue weighted by Crippen LogP contribution is 2.35. The maximum atomic E-state index is 13.3. The zero-order chi connectivity index (χ0) is 22.2. The van der Waals surface area contributed by atoms with Crippen molar-refractivity contribution in [1.29, 1.82) is 0 Å². The normalized spacial score (nSPS) is 16.9. The van der Waals surface area contributed by atoms with Crippen LogP contribution in [-0.4, -0.2) is 36.2 Å². The molecule has 2 aromatic carbocycles. The molecular formula is C21H28N2O5S2. The maximum Gasteiger partial charge on any atom is 0.265 e. The van der Waals surface area contributed by atoms with Crippen molar-refractivity contribution in [2.24, 2.45) is 0 Å². The second-order valence-electron chi connectivity index (χ2n) is 8.33. The van der Waals surface area contributed by atoms with E-state index in [2.05, 4.69) is 4.72 Å². The first kappa shape index (κ1) is 22.4. The Balaban J connectivity index is 2.06. The average Bonchev–Trinajstić information content (AvgIpc) is 2.66. The van der Waals surface area contributed by atoms with E-state index in [0.29, 0.717) is 24.3 Å². The summed E-state index contributed by atoms with van der Waals surface area (Å²) in [7, 11) is -6.12. The predicted octanol–water partition coefficient (Wildman–Crippen LogP) is 3.72. The zero-order valence-electron chi connectivity index (χ0n) is 17.7. The molecule has 0 atom stereocenters. The summed E-state index contributed by atoms with van der Waals surface area (Å²) in [6.45, 7) is 6.34. The molecule has 1 N–H and O–H groups in total. The Morgan fingerprint density at radius 2 is 1.77 bits per heavy atom. The summed E-state index contributed by atoms with van der Waals surface area (Å²) in [6.07, 6.45) is 1.33. The van der Waals surface area contributed by atoms with Crippen molar-refractivity contribution in [1.82, 2.24) is 0 Å². The van der Waals surface area contributed by atoms with Crippen LogP contribution in [0.2, 0.25) is 0 Å². The first-order valence-electron chi connectivity index (χ1n) is 9.76. The van der Waals surface area contributed by atoms with Gasteiger partial charge in [0.1, 0.15) is 10.6 Å². The molecule has 0 amide bonds. The van der Waals surface area contributed by atoms with E-state index in [0.717, 1.165) is 12.0 Å². The SMILES string of the molecule is COc1ccc(N2CCCCS2(=O)=O)cc1S(=O)(=O)Nc1ccccc1C(C)(C)C. The Bertz CT molecular complexity index is 1140. The lowest BCUT2D eigenvalue weighted by Gasteiger charge is -2.29. The van der Waals surface area contributed by atoms with Gasteiger partial charge in [-0.15, -0.1) is 0 Å². The van der Waals surface area contributed by atoms with E-state index in [4.69, 9.17) is 4.74 Å². The Labute approximate surface area is 179 Å². The largest absolute Gasteiger partial charge is 0.495 e. The van der Waals surface area contributed by atoms with Crippen LogP contribution in [0.25, 0.3) is 0 Å². The first-order valence-corrected chi connectivity index (χ1v) is 12.9. The molecule has 0 unspecified atom stereocenters. The van der Waals surface area contributed by atoms with Crippen molar-refractivity contribution in [3.05, 3.63) is 48.0 Å². The fourth-order valence-corrected chi connectivity index (χ4v) is 6.44. The van der Waals surface area contributed by atoms with Gasteiger partial charge in [-0.3, -0.25) is 9.03 Å². The molecule has 3 rings (SSSR count).